The van der Waals surface area contributed by atoms with Gasteiger partial charge in [-0.3, -0.25) is 4.79 Å². The van der Waals surface area contributed by atoms with Crippen LogP contribution in [0, 0.1) is 5.41 Å². The Labute approximate surface area is 141 Å². The molecular formula is C16H18F3NO5. The second-order valence-corrected chi connectivity index (χ2v) is 5.92. The van der Waals surface area contributed by atoms with Gasteiger partial charge in [-0.05, 0) is 37.0 Å². The van der Waals surface area contributed by atoms with Crippen LogP contribution in [-0.2, 0) is 20.7 Å². The Morgan fingerprint density at radius 2 is 1.88 bits per heavy atom. The molecule has 0 bridgehead atoms. The molecule has 6 nitrogen and oxygen atoms in total. The monoisotopic (exact) mass is 361 g/mol. The molecule has 1 aromatic rings. The van der Waals surface area contributed by atoms with Gasteiger partial charge in [-0.2, -0.15) is 0 Å². The number of halogens is 3. The number of carboxylic acids is 1. The van der Waals surface area contributed by atoms with E-state index in [0.29, 0.717) is 24.8 Å². The number of carbonyl (C=O) groups excluding carboxylic acids is 1. The number of rotatable bonds is 8. The molecule has 1 fully saturated rings. The Balaban J connectivity index is 1.92. The van der Waals surface area contributed by atoms with Crippen LogP contribution in [0.3, 0.4) is 0 Å². The summed E-state index contributed by atoms with van der Waals surface area (Å²) in [5.41, 5.74) is 0.0483. The van der Waals surface area contributed by atoms with Gasteiger partial charge in [-0.25, -0.2) is 4.79 Å². The highest BCUT2D eigenvalue weighted by Crippen LogP contribution is 2.48. The van der Waals surface area contributed by atoms with Gasteiger partial charge in [0.15, 0.2) is 6.10 Å². The Morgan fingerprint density at radius 3 is 2.32 bits per heavy atom. The second-order valence-electron chi connectivity index (χ2n) is 5.92. The lowest BCUT2D eigenvalue weighted by Crippen LogP contribution is -2.41. The molecule has 1 unspecified atom stereocenters. The van der Waals surface area contributed by atoms with Crippen LogP contribution in [0.2, 0.25) is 0 Å². The number of aliphatic carboxylic acids is 1. The molecular weight excluding hydrogens is 343 g/mol. The Bertz CT molecular complexity index is 626. The van der Waals surface area contributed by atoms with E-state index >= 15 is 0 Å². The predicted molar refractivity (Wildman–Crippen MR) is 79.9 cm³/mol. The van der Waals surface area contributed by atoms with E-state index in [2.05, 4.69) is 10.1 Å². The van der Waals surface area contributed by atoms with Gasteiger partial charge in [-0.15, -0.1) is 13.2 Å². The summed E-state index contributed by atoms with van der Waals surface area (Å²) in [6.45, 7) is -0.148. The molecule has 9 heteroatoms. The van der Waals surface area contributed by atoms with Gasteiger partial charge in [0.2, 0.25) is 5.91 Å². The Kier molecular flexibility index (Phi) is 5.56. The van der Waals surface area contributed by atoms with Crippen LogP contribution in [0.15, 0.2) is 24.3 Å². The van der Waals surface area contributed by atoms with Crippen molar-refractivity contribution in [2.24, 2.45) is 5.41 Å². The number of alkyl halides is 3. The summed E-state index contributed by atoms with van der Waals surface area (Å²) in [4.78, 5) is 23.2. The van der Waals surface area contributed by atoms with Gasteiger partial charge in [-0.1, -0.05) is 12.1 Å². The highest BCUT2D eigenvalue weighted by Gasteiger charge is 2.49. The topological polar surface area (TPSA) is 84.9 Å². The van der Waals surface area contributed by atoms with E-state index in [4.69, 9.17) is 9.84 Å². The molecule has 2 N–H and O–H groups in total. The molecule has 0 spiro atoms. The van der Waals surface area contributed by atoms with E-state index in [-0.39, 0.29) is 18.2 Å². The minimum atomic E-state index is -4.75. The lowest BCUT2D eigenvalue weighted by molar-refractivity contribution is -0.274. The lowest BCUT2D eigenvalue weighted by Gasteiger charge is -2.18. The molecule has 0 aliphatic heterocycles. The zero-order valence-corrected chi connectivity index (χ0v) is 13.4. The van der Waals surface area contributed by atoms with Crippen molar-refractivity contribution in [3.8, 4) is 5.75 Å². The summed E-state index contributed by atoms with van der Waals surface area (Å²) in [7, 11) is 1.24. The Morgan fingerprint density at radius 1 is 1.28 bits per heavy atom. The number of benzene rings is 1. The van der Waals surface area contributed by atoms with Crippen LogP contribution in [0.25, 0.3) is 0 Å². The van der Waals surface area contributed by atoms with Crippen molar-refractivity contribution < 1.29 is 37.3 Å². The van der Waals surface area contributed by atoms with Gasteiger partial charge >= 0.3 is 12.3 Å². The molecule has 0 saturated heterocycles. The summed E-state index contributed by atoms with van der Waals surface area (Å²) < 4.78 is 45.0. The van der Waals surface area contributed by atoms with E-state index in [0.717, 1.165) is 0 Å². The van der Waals surface area contributed by atoms with E-state index in [1.807, 2.05) is 0 Å². The normalized spacial score (nSPS) is 16.8. The number of carbonyl (C=O) groups is 2. The van der Waals surface area contributed by atoms with Gasteiger partial charge in [0.05, 0.1) is 12.0 Å². The lowest BCUT2D eigenvalue weighted by atomic mass is 9.95. The second kappa shape index (κ2) is 7.30. The molecule has 0 heterocycles. The quantitative estimate of drug-likeness (QED) is 0.741. The highest BCUT2D eigenvalue weighted by molar-refractivity contribution is 5.86. The van der Waals surface area contributed by atoms with Gasteiger partial charge in [0.1, 0.15) is 5.75 Å². The molecule has 138 valence electrons. The summed E-state index contributed by atoms with van der Waals surface area (Å²) in [6, 6.07) is 5.34. The fourth-order valence-corrected chi connectivity index (χ4v) is 2.48. The Hall–Kier alpha value is -2.29. The maximum atomic E-state index is 12.3. The first-order chi connectivity index (χ1) is 11.6. The van der Waals surface area contributed by atoms with Gasteiger partial charge < -0.3 is 19.9 Å². The summed E-state index contributed by atoms with van der Waals surface area (Å²) in [5, 5.41) is 11.4. The third-order valence-electron chi connectivity index (χ3n) is 4.04. The molecule has 1 amide bonds. The fourth-order valence-electron chi connectivity index (χ4n) is 2.48. The third-order valence-corrected chi connectivity index (χ3v) is 4.04. The van der Waals surface area contributed by atoms with Crippen molar-refractivity contribution in [1.29, 1.82) is 0 Å². The zero-order chi connectivity index (χ0) is 18.7. The first-order valence-electron chi connectivity index (χ1n) is 7.54. The summed E-state index contributed by atoms with van der Waals surface area (Å²) >= 11 is 0. The minimum Gasteiger partial charge on any atom is -0.479 e. The highest BCUT2D eigenvalue weighted by atomic mass is 19.4. The maximum Gasteiger partial charge on any atom is 0.573 e. The maximum absolute atomic E-state index is 12.3. The molecule has 1 aromatic carbocycles. The summed E-state index contributed by atoms with van der Waals surface area (Å²) in [6.07, 6.45) is -4.26. The van der Waals surface area contributed by atoms with Crippen LogP contribution in [0.4, 0.5) is 13.2 Å². The first-order valence-corrected chi connectivity index (χ1v) is 7.54. The average Bonchev–Trinajstić information content (AvgIpc) is 3.29. The molecule has 1 saturated carbocycles. The van der Waals surface area contributed by atoms with E-state index in [1.54, 1.807) is 0 Å². The van der Waals surface area contributed by atoms with Crippen LogP contribution < -0.4 is 10.1 Å². The van der Waals surface area contributed by atoms with Crippen LogP contribution in [-0.4, -0.2) is 43.1 Å². The van der Waals surface area contributed by atoms with Crippen molar-refractivity contribution in [1.82, 2.24) is 5.32 Å². The van der Waals surface area contributed by atoms with E-state index in [9.17, 15) is 22.8 Å². The van der Waals surface area contributed by atoms with Crippen LogP contribution >= 0.6 is 0 Å². The van der Waals surface area contributed by atoms with Crippen molar-refractivity contribution >= 4 is 11.9 Å². The molecule has 2 rings (SSSR count). The number of carboxylic acid groups (broad SMARTS) is 1. The molecule has 1 aliphatic carbocycles. The minimum absolute atomic E-state index is 0.148. The molecule has 1 aliphatic rings. The van der Waals surface area contributed by atoms with Gasteiger partial charge in [0, 0.05) is 7.11 Å². The van der Waals surface area contributed by atoms with Gasteiger partial charge in [0.25, 0.3) is 0 Å². The number of nitrogens with one attached hydrogen (secondary N) is 1. The molecule has 0 aromatic heterocycles. The average molecular weight is 361 g/mol. The number of methoxy groups -OCH3 is 1. The number of hydrogen-bond acceptors (Lipinski definition) is 4. The SMILES string of the molecule is COC(CNC(=O)C1(Cc2ccc(OC(F)(F)F)cc2)CC1)C(=O)O. The molecule has 0 radical (unpaired) electrons. The van der Waals surface area contributed by atoms with E-state index in [1.165, 1.54) is 31.4 Å². The fraction of sp³-hybridized carbons (Fsp3) is 0.500. The number of amides is 1. The zero-order valence-electron chi connectivity index (χ0n) is 13.4. The van der Waals surface area contributed by atoms with Crippen molar-refractivity contribution in [2.75, 3.05) is 13.7 Å². The largest absolute Gasteiger partial charge is 0.573 e. The van der Waals surface area contributed by atoms with Crippen LogP contribution in [0.1, 0.15) is 18.4 Å². The molecule has 25 heavy (non-hydrogen) atoms. The van der Waals surface area contributed by atoms with Crippen LogP contribution in [0.5, 0.6) is 5.75 Å². The standard InChI is InChI=1S/C16H18F3NO5/c1-24-12(13(21)22)9-20-14(23)15(6-7-15)8-10-2-4-11(5-3-10)25-16(17,18)19/h2-5,12H,6-9H2,1H3,(H,20,23)(H,21,22). The van der Waals surface area contributed by atoms with Crippen molar-refractivity contribution in [3.63, 3.8) is 0 Å². The summed E-state index contributed by atoms with van der Waals surface area (Å²) in [5.74, 6) is -1.78. The first kappa shape index (κ1) is 19.0. The smallest absolute Gasteiger partial charge is 0.479 e. The predicted octanol–water partition coefficient (Wildman–Crippen LogP) is 2.12. The number of hydrogen-bond donors (Lipinski definition) is 2. The third kappa shape index (κ3) is 5.35. The van der Waals surface area contributed by atoms with E-state index < -0.39 is 23.9 Å². The van der Waals surface area contributed by atoms with Crippen molar-refractivity contribution in [2.45, 2.75) is 31.7 Å². The number of ether oxygens (including phenoxy) is 2. The molecule has 1 atom stereocenters. The van der Waals surface area contributed by atoms with Crippen molar-refractivity contribution in [3.05, 3.63) is 29.8 Å².